The average molecular weight is 473 g/mol. The molecule has 0 bridgehead atoms. The van der Waals surface area contributed by atoms with Gasteiger partial charge in [-0.25, -0.2) is 15.0 Å². The maximum Gasteiger partial charge on any atom is 0.189 e. The molecule has 174 valence electrons. The molecule has 0 amide bonds. The van der Waals surface area contributed by atoms with E-state index in [1.165, 1.54) is 41.5 Å². The molecule has 7 heteroatoms. The van der Waals surface area contributed by atoms with Gasteiger partial charge in [0.05, 0.1) is 22.4 Å². The molecule has 0 aliphatic carbocycles. The van der Waals surface area contributed by atoms with Crippen LogP contribution in [0.3, 0.4) is 0 Å². The van der Waals surface area contributed by atoms with Crippen molar-refractivity contribution in [1.82, 2.24) is 15.0 Å². The molecule has 3 aromatic rings. The summed E-state index contributed by atoms with van der Waals surface area (Å²) >= 11 is 3.34. The van der Waals surface area contributed by atoms with Crippen LogP contribution in [0.25, 0.3) is 20.4 Å². The van der Waals surface area contributed by atoms with Crippen LogP contribution in [0.15, 0.2) is 5.16 Å². The van der Waals surface area contributed by atoms with E-state index >= 15 is 0 Å². The lowest BCUT2D eigenvalue weighted by atomic mass is 9.88. The Hall–Kier alpha value is -1.44. The largest absolute Gasteiger partial charge is 0.370 e. The highest BCUT2D eigenvalue weighted by atomic mass is 32.2. The van der Waals surface area contributed by atoms with Gasteiger partial charge in [0.1, 0.15) is 10.6 Å². The van der Waals surface area contributed by atoms with Gasteiger partial charge in [-0.15, -0.1) is 11.3 Å². The fourth-order valence-electron chi connectivity index (χ4n) is 4.45. The normalized spacial score (nSPS) is 15.6. The number of nitrogens with one attached hydrogen (secondary N) is 1. The van der Waals surface area contributed by atoms with Crippen molar-refractivity contribution in [2.24, 2.45) is 5.92 Å². The molecule has 4 heterocycles. The van der Waals surface area contributed by atoms with Crippen molar-refractivity contribution >= 4 is 49.3 Å². The van der Waals surface area contributed by atoms with Crippen molar-refractivity contribution in [3.05, 3.63) is 16.8 Å². The first kappa shape index (κ1) is 23.7. The maximum absolute atomic E-state index is 6.22. The van der Waals surface area contributed by atoms with E-state index in [4.69, 9.17) is 19.7 Å². The predicted molar refractivity (Wildman–Crippen MR) is 138 cm³/mol. The minimum absolute atomic E-state index is 0.180. The smallest absolute Gasteiger partial charge is 0.189 e. The Labute approximate surface area is 200 Å². The quantitative estimate of drug-likeness (QED) is 0.205. The third-order valence-corrected chi connectivity index (χ3v) is 7.69. The van der Waals surface area contributed by atoms with Crippen LogP contribution in [0.5, 0.6) is 0 Å². The van der Waals surface area contributed by atoms with Gasteiger partial charge in [0, 0.05) is 29.6 Å². The number of fused-ring (bicyclic) bond motifs is 5. The van der Waals surface area contributed by atoms with E-state index in [0.717, 1.165) is 51.8 Å². The van der Waals surface area contributed by atoms with E-state index < -0.39 is 0 Å². The molecule has 1 N–H and O–H groups in total. The molecular weight excluding hydrogens is 436 g/mol. The SMILES string of the molecule is CCCCCCNc1nc(SC)nc2c1sc1nc(CC(C)C)c3c(c12)CC(C)(C)OC3. The monoisotopic (exact) mass is 472 g/mol. The second-order valence-electron chi connectivity index (χ2n) is 9.85. The van der Waals surface area contributed by atoms with E-state index in [2.05, 4.69) is 39.9 Å². The molecule has 0 saturated carbocycles. The van der Waals surface area contributed by atoms with E-state index in [0.29, 0.717) is 12.5 Å². The van der Waals surface area contributed by atoms with Crippen LogP contribution in [0.1, 0.15) is 77.1 Å². The lowest BCUT2D eigenvalue weighted by molar-refractivity contribution is -0.0402. The highest BCUT2D eigenvalue weighted by Gasteiger charge is 2.32. The summed E-state index contributed by atoms with van der Waals surface area (Å²) in [5.74, 6) is 1.51. The molecule has 5 nitrogen and oxygen atoms in total. The Morgan fingerprint density at radius 1 is 1.12 bits per heavy atom. The van der Waals surface area contributed by atoms with Crippen molar-refractivity contribution in [1.29, 1.82) is 0 Å². The van der Waals surface area contributed by atoms with Gasteiger partial charge in [-0.05, 0) is 44.4 Å². The molecular formula is C25H36N4OS2. The number of rotatable bonds is 9. The lowest BCUT2D eigenvalue weighted by Gasteiger charge is -2.33. The second-order valence-corrected chi connectivity index (χ2v) is 11.6. The van der Waals surface area contributed by atoms with Crippen molar-refractivity contribution in [2.45, 2.75) is 90.5 Å². The van der Waals surface area contributed by atoms with Crippen LogP contribution in [-0.4, -0.2) is 33.4 Å². The zero-order chi connectivity index (χ0) is 22.9. The van der Waals surface area contributed by atoms with E-state index in [1.807, 2.05) is 6.26 Å². The van der Waals surface area contributed by atoms with Crippen molar-refractivity contribution < 1.29 is 4.74 Å². The molecule has 0 unspecified atom stereocenters. The van der Waals surface area contributed by atoms with Crippen LogP contribution in [0.2, 0.25) is 0 Å². The first-order chi connectivity index (χ1) is 15.3. The number of hydrogen-bond acceptors (Lipinski definition) is 7. The van der Waals surface area contributed by atoms with Gasteiger partial charge in [0.15, 0.2) is 5.16 Å². The molecule has 4 rings (SSSR count). The summed E-state index contributed by atoms with van der Waals surface area (Å²) in [5.41, 5.74) is 4.73. The fraction of sp³-hybridized carbons (Fsp3) is 0.640. The third-order valence-electron chi connectivity index (χ3n) is 6.06. The maximum atomic E-state index is 6.22. The molecule has 0 aromatic carbocycles. The van der Waals surface area contributed by atoms with Gasteiger partial charge in [0.2, 0.25) is 0 Å². The number of hydrogen-bond donors (Lipinski definition) is 1. The zero-order valence-electron chi connectivity index (χ0n) is 20.3. The summed E-state index contributed by atoms with van der Waals surface area (Å²) < 4.78 is 7.35. The summed E-state index contributed by atoms with van der Waals surface area (Å²) in [7, 11) is 0. The number of thioether (sulfide) groups is 1. The molecule has 0 fully saturated rings. The summed E-state index contributed by atoms with van der Waals surface area (Å²) in [6.45, 7) is 12.7. The van der Waals surface area contributed by atoms with Crippen LogP contribution in [-0.2, 0) is 24.2 Å². The summed E-state index contributed by atoms with van der Waals surface area (Å²) in [6, 6.07) is 0. The number of unbranched alkanes of at least 4 members (excludes halogenated alkanes) is 3. The van der Waals surface area contributed by atoms with Gasteiger partial charge in [-0.2, -0.15) is 0 Å². The third kappa shape index (κ3) is 4.90. The Morgan fingerprint density at radius 2 is 1.94 bits per heavy atom. The zero-order valence-corrected chi connectivity index (χ0v) is 21.9. The minimum Gasteiger partial charge on any atom is -0.370 e. The van der Waals surface area contributed by atoms with Crippen molar-refractivity contribution in [3.63, 3.8) is 0 Å². The van der Waals surface area contributed by atoms with Crippen LogP contribution >= 0.6 is 23.1 Å². The Kier molecular flexibility index (Phi) is 7.27. The number of pyridine rings is 1. The number of nitrogens with zero attached hydrogens (tertiary/aromatic N) is 3. The van der Waals surface area contributed by atoms with Gasteiger partial charge in [-0.3, -0.25) is 0 Å². The summed E-state index contributed by atoms with van der Waals surface area (Å²) in [5, 5.41) is 5.66. The Bertz CT molecular complexity index is 1110. The van der Waals surface area contributed by atoms with Gasteiger partial charge >= 0.3 is 0 Å². The molecule has 0 saturated heterocycles. The molecule has 0 spiro atoms. The van der Waals surface area contributed by atoms with Gasteiger partial charge in [-0.1, -0.05) is 51.8 Å². The van der Waals surface area contributed by atoms with Crippen LogP contribution in [0.4, 0.5) is 5.82 Å². The van der Waals surface area contributed by atoms with E-state index in [1.54, 1.807) is 23.1 Å². The van der Waals surface area contributed by atoms with Crippen LogP contribution < -0.4 is 5.32 Å². The first-order valence-corrected chi connectivity index (χ1v) is 13.9. The summed E-state index contributed by atoms with van der Waals surface area (Å²) in [6.07, 6.45) is 8.86. The number of aromatic nitrogens is 3. The predicted octanol–water partition coefficient (Wildman–Crippen LogP) is 7.00. The Morgan fingerprint density at radius 3 is 2.66 bits per heavy atom. The molecule has 0 radical (unpaired) electrons. The van der Waals surface area contributed by atoms with Gasteiger partial charge in [0.25, 0.3) is 0 Å². The number of anilines is 1. The van der Waals surface area contributed by atoms with Gasteiger partial charge < -0.3 is 10.1 Å². The standard InChI is InChI=1S/C25H36N4OS2/c1-7-8-9-10-11-26-22-21-20(28-24(29-22)31-6)19-16-13-25(4,5)30-14-17(16)18(12-15(2)3)27-23(19)32-21/h15H,7-14H2,1-6H3,(H,26,28,29). The molecule has 32 heavy (non-hydrogen) atoms. The lowest BCUT2D eigenvalue weighted by Crippen LogP contribution is -2.33. The molecule has 3 aromatic heterocycles. The Balaban J connectivity index is 1.86. The highest BCUT2D eigenvalue weighted by molar-refractivity contribution is 7.98. The number of ether oxygens (including phenoxy) is 1. The molecule has 0 atom stereocenters. The van der Waals surface area contributed by atoms with Crippen molar-refractivity contribution in [2.75, 3.05) is 18.1 Å². The highest BCUT2D eigenvalue weighted by Crippen LogP contribution is 2.43. The molecule has 1 aliphatic heterocycles. The topological polar surface area (TPSA) is 59.9 Å². The second kappa shape index (κ2) is 9.82. The molecule has 1 aliphatic rings. The average Bonchev–Trinajstić information content (AvgIpc) is 3.10. The minimum atomic E-state index is -0.180. The summed E-state index contributed by atoms with van der Waals surface area (Å²) in [4.78, 5) is 16.1. The van der Waals surface area contributed by atoms with Crippen LogP contribution in [0, 0.1) is 5.92 Å². The van der Waals surface area contributed by atoms with Crippen molar-refractivity contribution in [3.8, 4) is 0 Å². The van der Waals surface area contributed by atoms with E-state index in [-0.39, 0.29) is 5.60 Å². The number of thiophene rings is 1. The first-order valence-electron chi connectivity index (χ1n) is 11.9. The fourth-order valence-corrected chi connectivity index (χ4v) is 5.94. The van der Waals surface area contributed by atoms with E-state index in [9.17, 15) is 0 Å².